The van der Waals surface area contributed by atoms with E-state index in [0.29, 0.717) is 0 Å². The van der Waals surface area contributed by atoms with Crippen molar-refractivity contribution in [2.24, 2.45) is 0 Å². The predicted molar refractivity (Wildman–Crippen MR) is 89.5 cm³/mol. The van der Waals surface area contributed by atoms with E-state index in [1.807, 2.05) is 0 Å². The average Bonchev–Trinajstić information content (AvgIpc) is 2.83. The van der Waals surface area contributed by atoms with E-state index in [-0.39, 0.29) is 12.1 Å². The number of aliphatic hydroxyl groups is 1. The Bertz CT molecular complexity index is 525. The van der Waals surface area contributed by atoms with Gasteiger partial charge in [-0.05, 0) is 27.2 Å². The van der Waals surface area contributed by atoms with Gasteiger partial charge >= 0.3 is 0 Å². The van der Waals surface area contributed by atoms with Gasteiger partial charge in [-0.3, -0.25) is 14.5 Å². The molecule has 2 saturated heterocycles. The van der Waals surface area contributed by atoms with Crippen LogP contribution >= 0.6 is 0 Å². The van der Waals surface area contributed by atoms with Crippen molar-refractivity contribution in [1.29, 1.82) is 0 Å². The standard InChI is InChI=1S/C17H30N4O2/c1-4-21-14(3)15(13(2)18-21)11-19-6-5-16(17(22)12-19)20-7-9-23-10-8-20/h16-17,22H,4-12H2,1-3H3/t16-,17-/m0/s1. The van der Waals surface area contributed by atoms with E-state index in [2.05, 4.69) is 40.4 Å². The molecule has 3 heterocycles. The van der Waals surface area contributed by atoms with Crippen LogP contribution in [0.4, 0.5) is 0 Å². The summed E-state index contributed by atoms with van der Waals surface area (Å²) in [5.41, 5.74) is 3.70. The molecule has 2 aliphatic rings. The first kappa shape index (κ1) is 16.9. The fraction of sp³-hybridized carbons (Fsp3) is 0.824. The Morgan fingerprint density at radius 2 is 1.96 bits per heavy atom. The lowest BCUT2D eigenvalue weighted by atomic mass is 9.99. The Hall–Kier alpha value is -0.950. The third kappa shape index (κ3) is 3.60. The molecule has 2 aliphatic heterocycles. The topological polar surface area (TPSA) is 53.8 Å². The third-order valence-corrected chi connectivity index (χ3v) is 5.36. The highest BCUT2D eigenvalue weighted by atomic mass is 16.5. The van der Waals surface area contributed by atoms with Gasteiger partial charge in [0.2, 0.25) is 0 Å². The van der Waals surface area contributed by atoms with Crippen molar-refractivity contribution in [3.05, 3.63) is 17.0 Å². The summed E-state index contributed by atoms with van der Waals surface area (Å²) in [5, 5.41) is 15.2. The molecule has 23 heavy (non-hydrogen) atoms. The van der Waals surface area contributed by atoms with Crippen LogP contribution in [0.2, 0.25) is 0 Å². The highest BCUT2D eigenvalue weighted by molar-refractivity contribution is 5.24. The minimum atomic E-state index is -0.274. The average molecular weight is 322 g/mol. The van der Waals surface area contributed by atoms with Crippen molar-refractivity contribution >= 4 is 0 Å². The maximum atomic E-state index is 10.6. The first-order valence-electron chi connectivity index (χ1n) is 8.85. The summed E-state index contributed by atoms with van der Waals surface area (Å²) in [6, 6.07) is 0.288. The number of likely N-dealkylation sites (tertiary alicyclic amines) is 1. The summed E-state index contributed by atoms with van der Waals surface area (Å²) in [4.78, 5) is 4.77. The fourth-order valence-electron chi connectivity index (χ4n) is 3.96. The maximum Gasteiger partial charge on any atom is 0.0822 e. The largest absolute Gasteiger partial charge is 0.390 e. The smallest absolute Gasteiger partial charge is 0.0822 e. The Morgan fingerprint density at radius 1 is 1.22 bits per heavy atom. The van der Waals surface area contributed by atoms with Crippen LogP contribution in [-0.4, -0.2) is 76.2 Å². The highest BCUT2D eigenvalue weighted by Crippen LogP contribution is 2.22. The van der Waals surface area contributed by atoms with Gasteiger partial charge in [-0.15, -0.1) is 0 Å². The van der Waals surface area contributed by atoms with E-state index in [0.717, 1.165) is 64.6 Å². The van der Waals surface area contributed by atoms with Crippen LogP contribution in [0.15, 0.2) is 0 Å². The normalized spacial score (nSPS) is 27.5. The lowest BCUT2D eigenvalue weighted by molar-refractivity contribution is -0.0534. The Labute approximate surface area is 139 Å². The van der Waals surface area contributed by atoms with Gasteiger partial charge in [0.25, 0.3) is 0 Å². The second-order valence-corrected chi connectivity index (χ2v) is 6.77. The molecule has 0 unspecified atom stereocenters. The van der Waals surface area contributed by atoms with Crippen LogP contribution in [0.25, 0.3) is 0 Å². The van der Waals surface area contributed by atoms with Crippen molar-refractivity contribution in [3.63, 3.8) is 0 Å². The van der Waals surface area contributed by atoms with E-state index in [1.165, 1.54) is 11.3 Å². The first-order chi connectivity index (χ1) is 11.1. The number of aryl methyl sites for hydroxylation is 2. The van der Waals surface area contributed by atoms with Crippen molar-refractivity contribution in [2.75, 3.05) is 39.4 Å². The SMILES string of the molecule is CCn1nc(C)c(CN2CC[C@H](N3CCOCC3)[C@@H](O)C2)c1C. The fourth-order valence-corrected chi connectivity index (χ4v) is 3.96. The molecule has 6 nitrogen and oxygen atoms in total. The zero-order valence-corrected chi connectivity index (χ0v) is 14.7. The lowest BCUT2D eigenvalue weighted by Crippen LogP contribution is -2.56. The molecule has 3 rings (SSSR count). The van der Waals surface area contributed by atoms with Crippen molar-refractivity contribution < 1.29 is 9.84 Å². The van der Waals surface area contributed by atoms with Gasteiger partial charge in [-0.25, -0.2) is 0 Å². The molecule has 2 fully saturated rings. The van der Waals surface area contributed by atoms with E-state index >= 15 is 0 Å². The molecule has 0 aromatic carbocycles. The molecule has 1 aromatic heterocycles. The molecule has 0 saturated carbocycles. The molecular formula is C17H30N4O2. The molecule has 2 atom stereocenters. The molecule has 0 aliphatic carbocycles. The molecule has 0 bridgehead atoms. The Morgan fingerprint density at radius 3 is 2.57 bits per heavy atom. The Balaban J connectivity index is 1.60. The van der Waals surface area contributed by atoms with Gasteiger partial charge in [-0.2, -0.15) is 5.10 Å². The molecule has 1 aromatic rings. The molecule has 6 heteroatoms. The number of hydrogen-bond acceptors (Lipinski definition) is 5. The second-order valence-electron chi connectivity index (χ2n) is 6.77. The van der Waals surface area contributed by atoms with Crippen molar-refractivity contribution in [1.82, 2.24) is 19.6 Å². The van der Waals surface area contributed by atoms with Crippen molar-refractivity contribution in [2.45, 2.75) is 52.4 Å². The van der Waals surface area contributed by atoms with E-state index < -0.39 is 0 Å². The van der Waals surface area contributed by atoms with Gasteiger partial charge in [0.1, 0.15) is 0 Å². The van der Waals surface area contributed by atoms with Crippen LogP contribution in [0, 0.1) is 13.8 Å². The number of nitrogens with zero attached hydrogens (tertiary/aromatic N) is 4. The van der Waals surface area contributed by atoms with Gasteiger partial charge < -0.3 is 9.84 Å². The van der Waals surface area contributed by atoms with Gasteiger partial charge in [0.15, 0.2) is 0 Å². The minimum absolute atomic E-state index is 0.274. The number of aromatic nitrogens is 2. The number of piperidine rings is 1. The number of ether oxygens (including phenoxy) is 1. The molecule has 1 N–H and O–H groups in total. The summed E-state index contributed by atoms with van der Waals surface area (Å²) < 4.78 is 7.49. The molecule has 130 valence electrons. The number of β-amino-alcohol motifs (C(OH)–C–C–N with tert-alkyl or cyclic N) is 1. The summed E-state index contributed by atoms with van der Waals surface area (Å²) in [7, 11) is 0. The van der Waals surface area contributed by atoms with Gasteiger partial charge in [0.05, 0.1) is 25.0 Å². The predicted octanol–water partition coefficient (Wildman–Crippen LogP) is 0.787. The number of morpholine rings is 1. The molecule has 0 radical (unpaired) electrons. The van der Waals surface area contributed by atoms with Gasteiger partial charge in [0, 0.05) is 56.6 Å². The summed E-state index contributed by atoms with van der Waals surface area (Å²) >= 11 is 0. The van der Waals surface area contributed by atoms with E-state index in [9.17, 15) is 5.11 Å². The van der Waals surface area contributed by atoms with Crippen molar-refractivity contribution in [3.8, 4) is 0 Å². The molecular weight excluding hydrogens is 292 g/mol. The first-order valence-corrected chi connectivity index (χ1v) is 8.85. The number of aliphatic hydroxyl groups excluding tert-OH is 1. The second kappa shape index (κ2) is 7.30. The van der Waals surface area contributed by atoms with Crippen LogP contribution in [0.5, 0.6) is 0 Å². The zero-order valence-electron chi connectivity index (χ0n) is 14.7. The maximum absolute atomic E-state index is 10.6. The van der Waals surface area contributed by atoms with Crippen LogP contribution in [-0.2, 0) is 17.8 Å². The summed E-state index contributed by atoms with van der Waals surface area (Å²) in [6.07, 6.45) is 0.755. The highest BCUT2D eigenvalue weighted by Gasteiger charge is 2.33. The van der Waals surface area contributed by atoms with Crippen LogP contribution < -0.4 is 0 Å². The van der Waals surface area contributed by atoms with Crippen LogP contribution in [0.1, 0.15) is 30.3 Å². The zero-order chi connectivity index (χ0) is 16.4. The quantitative estimate of drug-likeness (QED) is 0.888. The van der Waals surface area contributed by atoms with Crippen LogP contribution in [0.3, 0.4) is 0 Å². The number of rotatable bonds is 4. The molecule has 0 spiro atoms. The van der Waals surface area contributed by atoms with E-state index in [1.54, 1.807) is 0 Å². The third-order valence-electron chi connectivity index (χ3n) is 5.36. The molecule has 0 amide bonds. The summed E-state index contributed by atoms with van der Waals surface area (Å²) in [5.74, 6) is 0. The Kier molecular flexibility index (Phi) is 5.36. The lowest BCUT2D eigenvalue weighted by Gasteiger charge is -2.43. The van der Waals surface area contributed by atoms with E-state index in [4.69, 9.17) is 4.74 Å². The monoisotopic (exact) mass is 322 g/mol. The van der Waals surface area contributed by atoms with Gasteiger partial charge in [-0.1, -0.05) is 0 Å². The summed E-state index contributed by atoms with van der Waals surface area (Å²) in [6.45, 7) is 13.4. The number of hydrogen-bond donors (Lipinski definition) is 1. The minimum Gasteiger partial charge on any atom is -0.390 e.